The van der Waals surface area contributed by atoms with Gasteiger partial charge < -0.3 is 10.1 Å². The Morgan fingerprint density at radius 2 is 1.85 bits per heavy atom. The van der Waals surface area contributed by atoms with Crippen molar-refractivity contribution in [3.8, 4) is 11.5 Å². The number of pyridine rings is 1. The zero-order valence-electron chi connectivity index (χ0n) is 15.3. The second kappa shape index (κ2) is 8.99. The summed E-state index contributed by atoms with van der Waals surface area (Å²) in [7, 11) is 0. The van der Waals surface area contributed by atoms with Crippen LogP contribution in [0.1, 0.15) is 35.1 Å². The van der Waals surface area contributed by atoms with Crippen LogP contribution in [0.25, 0.3) is 0 Å². The minimum atomic E-state index is -0.172. The Labute approximate surface area is 173 Å². The molecule has 1 N–H and O–H groups in total. The van der Waals surface area contributed by atoms with Gasteiger partial charge in [-0.2, -0.15) is 0 Å². The second-order valence-electron chi connectivity index (χ2n) is 6.22. The zero-order valence-corrected chi connectivity index (χ0v) is 17.5. The molecule has 1 aromatic heterocycles. The molecule has 138 valence electrons. The Kier molecular flexibility index (Phi) is 6.45. The molecule has 5 heteroatoms. The minimum absolute atomic E-state index is 0.172. The Hall–Kier alpha value is -2.41. The lowest BCUT2D eigenvalue weighted by atomic mass is 10.1. The Morgan fingerprint density at radius 3 is 2.56 bits per heavy atom. The lowest BCUT2D eigenvalue weighted by Crippen LogP contribution is -2.14. The van der Waals surface area contributed by atoms with Crippen LogP contribution in [0.4, 0.5) is 5.69 Å². The van der Waals surface area contributed by atoms with E-state index in [1.54, 1.807) is 0 Å². The molecule has 0 saturated heterocycles. The summed E-state index contributed by atoms with van der Waals surface area (Å²) < 4.78 is 7.01. The van der Waals surface area contributed by atoms with Crippen LogP contribution in [0, 0.1) is 10.5 Å². The molecule has 1 heterocycles. The third-order valence-electron chi connectivity index (χ3n) is 4.04. The molecule has 0 radical (unpaired) electrons. The van der Waals surface area contributed by atoms with Crippen LogP contribution in [-0.2, 0) is 6.42 Å². The summed E-state index contributed by atoms with van der Waals surface area (Å²) in [6.07, 6.45) is 1.95. The quantitative estimate of drug-likeness (QED) is 0.449. The topological polar surface area (TPSA) is 51.2 Å². The molecule has 0 aliphatic rings. The van der Waals surface area contributed by atoms with Crippen molar-refractivity contribution < 1.29 is 9.53 Å². The van der Waals surface area contributed by atoms with Gasteiger partial charge in [0.15, 0.2) is 0 Å². The summed E-state index contributed by atoms with van der Waals surface area (Å²) in [4.78, 5) is 17.1. The van der Waals surface area contributed by atoms with Gasteiger partial charge >= 0.3 is 0 Å². The third kappa shape index (κ3) is 5.29. The van der Waals surface area contributed by atoms with Gasteiger partial charge in [-0.3, -0.25) is 9.78 Å². The molecular formula is C22H21IN2O2. The number of hydrogen-bond donors (Lipinski definition) is 1. The van der Waals surface area contributed by atoms with Gasteiger partial charge in [0.2, 0.25) is 0 Å². The highest BCUT2D eigenvalue weighted by Gasteiger charge is 2.11. The van der Waals surface area contributed by atoms with E-state index >= 15 is 0 Å². The van der Waals surface area contributed by atoms with Crippen LogP contribution in [0.5, 0.6) is 11.5 Å². The largest absolute Gasteiger partial charge is 0.457 e. The number of aromatic nitrogens is 1. The van der Waals surface area contributed by atoms with Crippen molar-refractivity contribution in [3.63, 3.8) is 0 Å². The molecule has 0 aliphatic heterocycles. The van der Waals surface area contributed by atoms with Crippen molar-refractivity contribution in [1.29, 1.82) is 0 Å². The third-order valence-corrected chi connectivity index (χ3v) is 4.75. The highest BCUT2D eigenvalue weighted by Crippen LogP contribution is 2.25. The molecule has 0 unspecified atom stereocenters. The fourth-order valence-electron chi connectivity index (χ4n) is 2.72. The predicted molar refractivity (Wildman–Crippen MR) is 117 cm³/mol. The van der Waals surface area contributed by atoms with E-state index in [2.05, 4.69) is 39.8 Å². The summed E-state index contributed by atoms with van der Waals surface area (Å²) in [5.74, 6) is 1.25. The average molecular weight is 472 g/mol. The van der Waals surface area contributed by atoms with E-state index < -0.39 is 0 Å². The first-order chi connectivity index (χ1) is 13.0. The fraction of sp³-hybridized carbons (Fsp3) is 0.182. The van der Waals surface area contributed by atoms with Crippen molar-refractivity contribution in [1.82, 2.24) is 4.98 Å². The summed E-state index contributed by atoms with van der Waals surface area (Å²) >= 11 is 2.25. The van der Waals surface area contributed by atoms with Gasteiger partial charge in [-0.05, 0) is 84.5 Å². The van der Waals surface area contributed by atoms with E-state index in [0.717, 1.165) is 33.5 Å². The lowest BCUT2D eigenvalue weighted by Gasteiger charge is -2.11. The molecule has 27 heavy (non-hydrogen) atoms. The van der Waals surface area contributed by atoms with E-state index in [-0.39, 0.29) is 5.91 Å². The maximum Gasteiger partial charge on any atom is 0.257 e. The number of nitrogens with zero attached hydrogens (tertiary/aromatic N) is 1. The molecule has 0 saturated carbocycles. The van der Waals surface area contributed by atoms with Crippen LogP contribution >= 0.6 is 22.6 Å². The summed E-state index contributed by atoms with van der Waals surface area (Å²) in [6.45, 7) is 3.98. The maximum atomic E-state index is 12.6. The van der Waals surface area contributed by atoms with Gasteiger partial charge in [0.25, 0.3) is 5.91 Å². The molecule has 0 atom stereocenters. The molecule has 2 aromatic carbocycles. The lowest BCUT2D eigenvalue weighted by molar-refractivity contribution is 0.102. The van der Waals surface area contributed by atoms with Crippen LogP contribution in [0.2, 0.25) is 0 Å². The first kappa shape index (κ1) is 19.4. The standard InChI is InChI=1S/C22H21IN2O2/c1-3-5-17-10-13-21(15(2)24-17)22(26)25-18-6-4-7-20(14-18)27-19-11-8-16(23)9-12-19/h4,6-14H,3,5H2,1-2H3,(H,25,26). The van der Waals surface area contributed by atoms with Crippen molar-refractivity contribution in [2.75, 3.05) is 5.32 Å². The fourth-order valence-corrected chi connectivity index (χ4v) is 3.08. The van der Waals surface area contributed by atoms with Gasteiger partial charge in [-0.1, -0.05) is 19.4 Å². The highest BCUT2D eigenvalue weighted by molar-refractivity contribution is 14.1. The first-order valence-corrected chi connectivity index (χ1v) is 9.94. The van der Waals surface area contributed by atoms with Crippen molar-refractivity contribution in [3.05, 3.63) is 81.2 Å². The molecule has 0 spiro atoms. The summed E-state index contributed by atoms with van der Waals surface area (Å²) in [5.41, 5.74) is 3.02. The van der Waals surface area contributed by atoms with Gasteiger partial charge in [0, 0.05) is 21.0 Å². The average Bonchev–Trinajstić information content (AvgIpc) is 2.64. The molecule has 0 fully saturated rings. The van der Waals surface area contributed by atoms with Crippen LogP contribution in [0.15, 0.2) is 60.7 Å². The number of benzene rings is 2. The zero-order chi connectivity index (χ0) is 19.2. The number of halogens is 1. The highest BCUT2D eigenvalue weighted by atomic mass is 127. The van der Waals surface area contributed by atoms with Gasteiger partial charge in [-0.15, -0.1) is 0 Å². The van der Waals surface area contributed by atoms with E-state index in [1.165, 1.54) is 0 Å². The van der Waals surface area contributed by atoms with Crippen LogP contribution < -0.4 is 10.1 Å². The van der Waals surface area contributed by atoms with Crippen LogP contribution in [-0.4, -0.2) is 10.9 Å². The first-order valence-electron chi connectivity index (χ1n) is 8.86. The smallest absolute Gasteiger partial charge is 0.257 e. The monoisotopic (exact) mass is 472 g/mol. The molecule has 0 bridgehead atoms. The number of carbonyl (C=O) groups is 1. The van der Waals surface area contributed by atoms with Crippen molar-refractivity contribution in [2.24, 2.45) is 0 Å². The van der Waals surface area contributed by atoms with Gasteiger partial charge in [0.05, 0.1) is 11.3 Å². The molecule has 4 nitrogen and oxygen atoms in total. The number of anilines is 1. The number of carbonyl (C=O) groups excluding carboxylic acids is 1. The number of aryl methyl sites for hydroxylation is 2. The Balaban J connectivity index is 1.72. The number of amides is 1. The summed E-state index contributed by atoms with van der Waals surface area (Å²) in [5, 5.41) is 2.93. The van der Waals surface area contributed by atoms with Crippen molar-refractivity contribution in [2.45, 2.75) is 26.7 Å². The molecule has 3 rings (SSSR count). The molecule has 1 amide bonds. The number of rotatable bonds is 6. The van der Waals surface area contributed by atoms with Crippen LogP contribution in [0.3, 0.4) is 0 Å². The molecule has 0 aliphatic carbocycles. The minimum Gasteiger partial charge on any atom is -0.457 e. The maximum absolute atomic E-state index is 12.6. The predicted octanol–water partition coefficient (Wildman–Crippen LogP) is 5.99. The number of nitrogens with one attached hydrogen (secondary N) is 1. The normalized spacial score (nSPS) is 10.5. The molecule has 3 aromatic rings. The van der Waals surface area contributed by atoms with E-state index in [4.69, 9.17) is 4.74 Å². The van der Waals surface area contributed by atoms with Gasteiger partial charge in [0.1, 0.15) is 11.5 Å². The SMILES string of the molecule is CCCc1ccc(C(=O)Nc2cccc(Oc3ccc(I)cc3)c2)c(C)n1. The van der Waals surface area contributed by atoms with E-state index in [0.29, 0.717) is 17.0 Å². The Morgan fingerprint density at radius 1 is 1.07 bits per heavy atom. The van der Waals surface area contributed by atoms with E-state index in [1.807, 2.05) is 67.6 Å². The second-order valence-corrected chi connectivity index (χ2v) is 7.47. The van der Waals surface area contributed by atoms with E-state index in [9.17, 15) is 4.79 Å². The summed E-state index contributed by atoms with van der Waals surface area (Å²) in [6, 6.07) is 18.9. The van der Waals surface area contributed by atoms with Crippen molar-refractivity contribution >= 4 is 34.2 Å². The number of ether oxygens (including phenoxy) is 1. The Bertz CT molecular complexity index is 939. The number of hydrogen-bond acceptors (Lipinski definition) is 3. The molecular weight excluding hydrogens is 451 g/mol. The van der Waals surface area contributed by atoms with Gasteiger partial charge in [-0.25, -0.2) is 0 Å².